The van der Waals surface area contributed by atoms with Crippen molar-refractivity contribution in [3.05, 3.63) is 12.7 Å². The topological polar surface area (TPSA) is 20.2 Å². The minimum absolute atomic E-state index is 1.05. The number of aliphatic hydroxyl groups is 1. The van der Waals surface area contributed by atoms with Crippen molar-refractivity contribution in [3.8, 4) is 0 Å². The van der Waals surface area contributed by atoms with Gasteiger partial charge in [-0.1, -0.05) is 6.08 Å². The third-order valence-electron chi connectivity index (χ3n) is 0.927. The van der Waals surface area contributed by atoms with E-state index in [-0.39, 0.29) is 0 Å². The summed E-state index contributed by atoms with van der Waals surface area (Å²) in [5.41, 5.74) is -1.55. The van der Waals surface area contributed by atoms with E-state index in [2.05, 4.69) is 6.58 Å². The maximum atomic E-state index is 12.5. The van der Waals surface area contributed by atoms with E-state index in [0.29, 0.717) is 0 Å². The normalized spacial score (nSPS) is 15.5. The van der Waals surface area contributed by atoms with Crippen molar-refractivity contribution in [2.75, 3.05) is 0 Å². The molecule has 0 radical (unpaired) electrons. The number of aliphatic hydroxyl groups excluding tert-OH is 1. The molecule has 1 N–H and O–H groups in total. The summed E-state index contributed by atoms with van der Waals surface area (Å²) < 4.78 is 12.5. The number of halogens is 1. The van der Waals surface area contributed by atoms with Crippen LogP contribution in [0.25, 0.3) is 0 Å². The number of hydrogen-bond donors (Lipinski definition) is 1. The van der Waals surface area contributed by atoms with Crippen molar-refractivity contribution in [1.29, 1.82) is 0 Å². The van der Waals surface area contributed by atoms with Gasteiger partial charge in [-0.3, -0.25) is 0 Å². The first-order valence-electron chi connectivity index (χ1n) is 2.48. The van der Waals surface area contributed by atoms with E-state index in [1.54, 1.807) is 0 Å². The van der Waals surface area contributed by atoms with E-state index >= 15 is 0 Å². The van der Waals surface area contributed by atoms with Crippen LogP contribution in [0.4, 0.5) is 4.39 Å². The van der Waals surface area contributed by atoms with Gasteiger partial charge in [0.2, 0.25) is 0 Å². The molecule has 48 valence electrons. The Morgan fingerprint density at radius 1 is 1.75 bits per heavy atom. The summed E-state index contributed by atoms with van der Waals surface area (Å²) in [6.45, 7) is 5.85. The molecule has 0 aliphatic heterocycles. The third-order valence-corrected chi connectivity index (χ3v) is 0.927. The van der Waals surface area contributed by atoms with E-state index in [0.717, 1.165) is 0 Å². The van der Waals surface area contributed by atoms with Crippen molar-refractivity contribution in [3.63, 3.8) is 0 Å². The van der Waals surface area contributed by atoms with Crippen LogP contribution in [0.5, 0.6) is 0 Å². The number of alkyl halides is 1. The van der Waals surface area contributed by atoms with Crippen LogP contribution < -0.4 is 0 Å². The van der Waals surface area contributed by atoms with E-state index in [4.69, 9.17) is 5.11 Å². The lowest BCUT2D eigenvalue weighted by atomic mass is 10.1. The molecular weight excluding hydrogens is 107 g/mol. The van der Waals surface area contributed by atoms with E-state index in [1.165, 1.54) is 19.9 Å². The van der Waals surface area contributed by atoms with Crippen molar-refractivity contribution in [1.82, 2.24) is 0 Å². The second-order valence-electron chi connectivity index (χ2n) is 2.24. The molecule has 1 atom stereocenters. The van der Waals surface area contributed by atoms with Gasteiger partial charge >= 0.3 is 0 Å². The lowest BCUT2D eigenvalue weighted by Crippen LogP contribution is -2.28. The predicted molar refractivity (Wildman–Crippen MR) is 31.4 cm³/mol. The highest BCUT2D eigenvalue weighted by Crippen LogP contribution is 2.13. The molecule has 0 rings (SSSR count). The smallest absolute Gasteiger partial charge is 0.134 e. The fourth-order valence-electron chi connectivity index (χ4n) is 0.280. The van der Waals surface area contributed by atoms with Gasteiger partial charge in [-0.15, -0.1) is 6.58 Å². The quantitative estimate of drug-likeness (QED) is 0.541. The highest BCUT2D eigenvalue weighted by atomic mass is 19.1. The maximum Gasteiger partial charge on any atom is 0.134 e. The second kappa shape index (κ2) is 2.27. The van der Waals surface area contributed by atoms with Gasteiger partial charge < -0.3 is 5.11 Å². The molecule has 0 amide bonds. The zero-order valence-corrected chi connectivity index (χ0v) is 5.19. The van der Waals surface area contributed by atoms with Gasteiger partial charge in [-0.05, 0) is 13.8 Å². The second-order valence-corrected chi connectivity index (χ2v) is 2.24. The fraction of sp³-hybridized carbons (Fsp3) is 0.667. The molecule has 0 aromatic heterocycles. The Kier molecular flexibility index (Phi) is 2.16. The molecule has 0 aliphatic carbocycles. The summed E-state index contributed by atoms with van der Waals surface area (Å²) in [5, 5.41) is 8.70. The van der Waals surface area contributed by atoms with Crippen molar-refractivity contribution in [2.24, 2.45) is 0 Å². The summed E-state index contributed by atoms with van der Waals surface area (Å²) in [4.78, 5) is 0. The fourth-order valence-corrected chi connectivity index (χ4v) is 0.280. The first-order valence-corrected chi connectivity index (χ1v) is 2.48. The summed E-state index contributed by atoms with van der Waals surface area (Å²) in [5.74, 6) is 0. The number of hydrogen-bond acceptors (Lipinski definition) is 1. The largest absolute Gasteiger partial charge is 0.386 e. The van der Waals surface area contributed by atoms with Crippen molar-refractivity contribution >= 4 is 0 Å². The molecule has 0 saturated heterocycles. The molecule has 0 spiro atoms. The van der Waals surface area contributed by atoms with Gasteiger partial charge in [0.15, 0.2) is 0 Å². The average molecular weight is 118 g/mol. The lowest BCUT2D eigenvalue weighted by Gasteiger charge is -2.17. The van der Waals surface area contributed by atoms with Crippen LogP contribution in [0, 0.1) is 0 Å². The highest BCUT2D eigenvalue weighted by molar-refractivity contribution is 4.90. The predicted octanol–water partition coefficient (Wildman–Crippen LogP) is 1.28. The molecule has 0 saturated carbocycles. The van der Waals surface area contributed by atoms with Crippen molar-refractivity contribution in [2.45, 2.75) is 25.6 Å². The minimum Gasteiger partial charge on any atom is -0.386 e. The SMILES string of the molecule is C=CC(O)C(C)(C)F. The monoisotopic (exact) mass is 118 g/mol. The first-order chi connectivity index (χ1) is 3.48. The van der Waals surface area contributed by atoms with Crippen molar-refractivity contribution < 1.29 is 9.50 Å². The standard InChI is InChI=1S/C6H11FO/c1-4-5(8)6(2,3)7/h4-5,8H,1H2,2-3H3. The Balaban J connectivity index is 3.80. The molecule has 0 aromatic rings. The Morgan fingerprint density at radius 3 is 2.12 bits per heavy atom. The molecule has 2 heteroatoms. The van der Waals surface area contributed by atoms with Crippen LogP contribution >= 0.6 is 0 Å². The summed E-state index contributed by atoms with van der Waals surface area (Å²) in [7, 11) is 0. The minimum atomic E-state index is -1.55. The lowest BCUT2D eigenvalue weighted by molar-refractivity contribution is 0.0510. The van der Waals surface area contributed by atoms with Crippen LogP contribution in [0.15, 0.2) is 12.7 Å². The zero-order valence-electron chi connectivity index (χ0n) is 5.19. The van der Waals surface area contributed by atoms with Gasteiger partial charge in [-0.25, -0.2) is 4.39 Å². The summed E-state index contributed by atoms with van der Waals surface area (Å²) >= 11 is 0. The van der Waals surface area contributed by atoms with Crippen LogP contribution in [-0.4, -0.2) is 16.9 Å². The molecule has 1 nitrogen and oxygen atoms in total. The molecule has 0 bridgehead atoms. The van der Waals surface area contributed by atoms with E-state index in [1.807, 2.05) is 0 Å². The van der Waals surface area contributed by atoms with Crippen LogP contribution in [0.2, 0.25) is 0 Å². The van der Waals surface area contributed by atoms with Crippen LogP contribution in [0.3, 0.4) is 0 Å². The summed E-state index contributed by atoms with van der Waals surface area (Å²) in [6, 6.07) is 0. The Labute approximate surface area is 48.8 Å². The Morgan fingerprint density at radius 2 is 2.12 bits per heavy atom. The molecule has 0 aliphatic rings. The molecule has 8 heavy (non-hydrogen) atoms. The van der Waals surface area contributed by atoms with E-state index in [9.17, 15) is 4.39 Å². The molecule has 0 heterocycles. The average Bonchev–Trinajstić information content (AvgIpc) is 1.62. The maximum absolute atomic E-state index is 12.5. The van der Waals surface area contributed by atoms with Crippen LogP contribution in [0.1, 0.15) is 13.8 Å². The molecule has 0 aromatic carbocycles. The van der Waals surface area contributed by atoms with Gasteiger partial charge in [0.1, 0.15) is 11.8 Å². The Bertz CT molecular complexity index is 83.0. The van der Waals surface area contributed by atoms with E-state index < -0.39 is 11.8 Å². The van der Waals surface area contributed by atoms with Gasteiger partial charge in [0.25, 0.3) is 0 Å². The highest BCUT2D eigenvalue weighted by Gasteiger charge is 2.23. The van der Waals surface area contributed by atoms with Gasteiger partial charge in [0, 0.05) is 0 Å². The van der Waals surface area contributed by atoms with Crippen LogP contribution in [-0.2, 0) is 0 Å². The van der Waals surface area contributed by atoms with Gasteiger partial charge in [-0.2, -0.15) is 0 Å². The number of rotatable bonds is 2. The molecular formula is C6H11FO. The Hall–Kier alpha value is -0.370. The molecule has 1 unspecified atom stereocenters. The molecule has 0 fully saturated rings. The van der Waals surface area contributed by atoms with Gasteiger partial charge in [0.05, 0.1) is 0 Å². The third kappa shape index (κ3) is 2.07. The first kappa shape index (κ1) is 7.63. The summed E-state index contributed by atoms with van der Waals surface area (Å²) in [6.07, 6.45) is 0.127. The zero-order chi connectivity index (χ0) is 6.78.